The minimum atomic E-state index is -4.44. The van der Waals surface area contributed by atoms with E-state index in [1.165, 1.54) is 6.07 Å². The first-order valence-electron chi connectivity index (χ1n) is 9.96. The Kier molecular flexibility index (Phi) is 6.17. The van der Waals surface area contributed by atoms with Crippen molar-refractivity contribution in [2.45, 2.75) is 51.4 Å². The van der Waals surface area contributed by atoms with Crippen LogP contribution in [0.5, 0.6) is 0 Å². The molecular formula is C20H29F3N4O. The largest absolute Gasteiger partial charge is 0.433 e. The summed E-state index contributed by atoms with van der Waals surface area (Å²) in [6, 6.07) is 3.87. The fraction of sp³-hybridized carbons (Fsp3) is 0.700. The van der Waals surface area contributed by atoms with Crippen molar-refractivity contribution >= 4 is 11.7 Å². The number of aromatic nitrogens is 1. The second kappa shape index (κ2) is 8.27. The number of fused-ring (bicyclic) bond motifs is 1. The number of alkyl halides is 3. The highest BCUT2D eigenvalue weighted by Crippen LogP contribution is 2.40. The Morgan fingerprint density at radius 3 is 2.68 bits per heavy atom. The summed E-state index contributed by atoms with van der Waals surface area (Å²) in [7, 11) is 1.79. The Hall–Kier alpha value is -1.83. The fourth-order valence-corrected chi connectivity index (χ4v) is 4.50. The van der Waals surface area contributed by atoms with Gasteiger partial charge in [0.25, 0.3) is 0 Å². The lowest BCUT2D eigenvalue weighted by atomic mass is 9.97. The van der Waals surface area contributed by atoms with E-state index >= 15 is 0 Å². The molecule has 2 fully saturated rings. The molecule has 1 amide bonds. The van der Waals surface area contributed by atoms with Gasteiger partial charge in [-0.25, -0.2) is 4.98 Å². The summed E-state index contributed by atoms with van der Waals surface area (Å²) in [5.41, 5.74) is -0.863. The molecule has 0 spiro atoms. The molecule has 2 aliphatic rings. The summed E-state index contributed by atoms with van der Waals surface area (Å²) in [5, 5.41) is 6.27. The molecule has 28 heavy (non-hydrogen) atoms. The van der Waals surface area contributed by atoms with Gasteiger partial charge in [-0.1, -0.05) is 19.9 Å². The van der Waals surface area contributed by atoms with E-state index in [2.05, 4.69) is 29.5 Å². The predicted octanol–water partition coefficient (Wildman–Crippen LogP) is 3.07. The SMILES string of the molecule is CN[C@@H](CC(C)C)C(=O)N[C@H]1CC[C@@H]2CN(c3cccc(C(F)(F)F)n3)C[C@@H]21. The molecule has 0 bridgehead atoms. The van der Waals surface area contributed by atoms with Crippen LogP contribution in [-0.2, 0) is 11.0 Å². The molecule has 2 N–H and O–H groups in total. The minimum Gasteiger partial charge on any atom is -0.356 e. The second-order valence-corrected chi connectivity index (χ2v) is 8.37. The molecule has 0 unspecified atom stereocenters. The first-order valence-corrected chi connectivity index (χ1v) is 9.96. The topological polar surface area (TPSA) is 57.3 Å². The molecule has 1 aliphatic heterocycles. The van der Waals surface area contributed by atoms with Crippen molar-refractivity contribution in [3.05, 3.63) is 23.9 Å². The van der Waals surface area contributed by atoms with Crippen LogP contribution in [0.1, 0.15) is 38.8 Å². The van der Waals surface area contributed by atoms with Crippen molar-refractivity contribution in [2.75, 3.05) is 25.0 Å². The monoisotopic (exact) mass is 398 g/mol. The van der Waals surface area contributed by atoms with E-state index in [0.717, 1.165) is 25.3 Å². The second-order valence-electron chi connectivity index (χ2n) is 8.37. The molecule has 1 aromatic rings. The van der Waals surface area contributed by atoms with Crippen LogP contribution >= 0.6 is 0 Å². The van der Waals surface area contributed by atoms with Gasteiger partial charge in [0.2, 0.25) is 5.91 Å². The van der Waals surface area contributed by atoms with Crippen molar-refractivity contribution < 1.29 is 18.0 Å². The molecule has 4 atom stereocenters. The molecule has 1 aromatic heterocycles. The zero-order valence-corrected chi connectivity index (χ0v) is 16.6. The lowest BCUT2D eigenvalue weighted by Gasteiger charge is -2.25. The van der Waals surface area contributed by atoms with Gasteiger partial charge in [0.05, 0.1) is 6.04 Å². The van der Waals surface area contributed by atoms with Crippen molar-refractivity contribution in [1.29, 1.82) is 0 Å². The van der Waals surface area contributed by atoms with Crippen LogP contribution in [0, 0.1) is 17.8 Å². The molecular weight excluding hydrogens is 369 g/mol. The van der Waals surface area contributed by atoms with E-state index in [-0.39, 0.29) is 23.9 Å². The molecule has 0 aromatic carbocycles. The fourth-order valence-electron chi connectivity index (χ4n) is 4.50. The van der Waals surface area contributed by atoms with Crippen molar-refractivity contribution in [2.24, 2.45) is 17.8 Å². The molecule has 1 aliphatic carbocycles. The van der Waals surface area contributed by atoms with Gasteiger partial charge in [-0.05, 0) is 50.3 Å². The van der Waals surface area contributed by atoms with Crippen molar-refractivity contribution in [3.8, 4) is 0 Å². The molecule has 156 valence electrons. The third-order valence-electron chi connectivity index (χ3n) is 5.91. The van der Waals surface area contributed by atoms with Gasteiger partial charge in [0, 0.05) is 25.0 Å². The van der Waals surface area contributed by atoms with Gasteiger partial charge in [-0.2, -0.15) is 13.2 Å². The summed E-state index contributed by atoms with van der Waals surface area (Å²) >= 11 is 0. The predicted molar refractivity (Wildman–Crippen MR) is 102 cm³/mol. The average Bonchev–Trinajstić information content (AvgIpc) is 3.21. The number of hydrogen-bond donors (Lipinski definition) is 2. The maximum absolute atomic E-state index is 13.0. The number of amides is 1. The maximum Gasteiger partial charge on any atom is 0.433 e. The number of rotatable bonds is 6. The summed E-state index contributed by atoms with van der Waals surface area (Å²) in [6.45, 7) is 5.48. The number of carbonyl (C=O) groups is 1. The van der Waals surface area contributed by atoms with Crippen LogP contribution < -0.4 is 15.5 Å². The van der Waals surface area contributed by atoms with Crippen LogP contribution in [0.2, 0.25) is 0 Å². The Morgan fingerprint density at radius 1 is 1.29 bits per heavy atom. The number of nitrogens with zero attached hydrogens (tertiary/aromatic N) is 2. The highest BCUT2D eigenvalue weighted by molar-refractivity contribution is 5.82. The molecule has 0 radical (unpaired) electrons. The highest BCUT2D eigenvalue weighted by Gasteiger charge is 2.44. The third-order valence-corrected chi connectivity index (χ3v) is 5.91. The van der Waals surface area contributed by atoms with Gasteiger partial charge in [0.1, 0.15) is 11.5 Å². The van der Waals surface area contributed by atoms with Gasteiger partial charge < -0.3 is 15.5 Å². The number of carbonyl (C=O) groups excluding carboxylic acids is 1. The molecule has 1 saturated heterocycles. The van der Waals surface area contributed by atoms with Gasteiger partial charge in [0.15, 0.2) is 0 Å². The lowest BCUT2D eigenvalue weighted by Crippen LogP contribution is -2.49. The van der Waals surface area contributed by atoms with E-state index in [1.54, 1.807) is 13.1 Å². The normalized spacial score (nSPS) is 25.8. The number of halogens is 3. The standard InChI is InChI=1S/C20H29F3N4O/c1-12(2)9-16(24-3)19(28)25-15-8-7-13-10-27(11-14(13)15)18-6-4-5-17(26-18)20(21,22)23/h4-6,12-16,24H,7-11H2,1-3H3,(H,25,28)/t13-,14+,15+,16+/m1/s1. The number of likely N-dealkylation sites (N-methyl/N-ethyl adjacent to an activating group) is 1. The van der Waals surface area contributed by atoms with Crippen LogP contribution in [0.25, 0.3) is 0 Å². The van der Waals surface area contributed by atoms with Gasteiger partial charge >= 0.3 is 6.18 Å². The third kappa shape index (κ3) is 4.59. The Balaban J connectivity index is 1.65. The van der Waals surface area contributed by atoms with E-state index in [0.29, 0.717) is 30.7 Å². The molecule has 5 nitrogen and oxygen atoms in total. The van der Waals surface area contributed by atoms with E-state index in [4.69, 9.17) is 0 Å². The van der Waals surface area contributed by atoms with Crippen LogP contribution in [0.3, 0.4) is 0 Å². The van der Waals surface area contributed by atoms with Crippen molar-refractivity contribution in [3.63, 3.8) is 0 Å². The smallest absolute Gasteiger partial charge is 0.356 e. The average molecular weight is 398 g/mol. The zero-order valence-electron chi connectivity index (χ0n) is 16.6. The number of pyridine rings is 1. The first kappa shape index (κ1) is 20.9. The zero-order chi connectivity index (χ0) is 20.5. The summed E-state index contributed by atoms with van der Waals surface area (Å²) in [4.78, 5) is 18.4. The van der Waals surface area contributed by atoms with Crippen LogP contribution in [0.15, 0.2) is 18.2 Å². The summed E-state index contributed by atoms with van der Waals surface area (Å²) in [5.74, 6) is 1.41. The van der Waals surface area contributed by atoms with Gasteiger partial charge in [-0.15, -0.1) is 0 Å². The van der Waals surface area contributed by atoms with Crippen LogP contribution in [0.4, 0.5) is 19.0 Å². The van der Waals surface area contributed by atoms with E-state index in [9.17, 15) is 18.0 Å². The molecule has 3 rings (SSSR count). The van der Waals surface area contributed by atoms with Crippen molar-refractivity contribution in [1.82, 2.24) is 15.6 Å². The number of nitrogens with one attached hydrogen (secondary N) is 2. The molecule has 8 heteroatoms. The summed E-state index contributed by atoms with van der Waals surface area (Å²) < 4.78 is 38.9. The van der Waals surface area contributed by atoms with E-state index < -0.39 is 11.9 Å². The quantitative estimate of drug-likeness (QED) is 0.773. The number of anilines is 1. The Morgan fingerprint density at radius 2 is 2.04 bits per heavy atom. The summed E-state index contributed by atoms with van der Waals surface area (Å²) in [6.07, 6.45) is -1.79. The molecule has 2 heterocycles. The highest BCUT2D eigenvalue weighted by atomic mass is 19.4. The number of hydrogen-bond acceptors (Lipinski definition) is 4. The maximum atomic E-state index is 13.0. The first-order chi connectivity index (χ1) is 13.2. The minimum absolute atomic E-state index is 0.0116. The van der Waals surface area contributed by atoms with Crippen LogP contribution in [-0.4, -0.2) is 43.1 Å². The van der Waals surface area contributed by atoms with E-state index in [1.807, 2.05) is 4.90 Å². The Bertz CT molecular complexity index is 694. The molecule has 1 saturated carbocycles. The lowest BCUT2D eigenvalue weighted by molar-refractivity contribution is -0.141. The van der Waals surface area contributed by atoms with Gasteiger partial charge in [-0.3, -0.25) is 4.79 Å². The Labute approximate surface area is 164 Å².